The number of thiophene rings is 2. The van der Waals surface area contributed by atoms with E-state index in [0.29, 0.717) is 27.4 Å². The molecule has 0 saturated heterocycles. The predicted molar refractivity (Wildman–Crippen MR) is 154 cm³/mol. The number of amides is 1. The summed E-state index contributed by atoms with van der Waals surface area (Å²) in [5.41, 5.74) is 4.86. The van der Waals surface area contributed by atoms with E-state index in [1.165, 1.54) is 40.4 Å². The first-order chi connectivity index (χ1) is 18.4. The summed E-state index contributed by atoms with van der Waals surface area (Å²) >= 11 is 2.76. The number of benzene rings is 3. The van der Waals surface area contributed by atoms with Crippen LogP contribution in [0.3, 0.4) is 0 Å². The third kappa shape index (κ3) is 5.12. The van der Waals surface area contributed by atoms with Gasteiger partial charge < -0.3 is 10.1 Å². The van der Waals surface area contributed by atoms with E-state index < -0.39 is 5.97 Å². The van der Waals surface area contributed by atoms with Crippen LogP contribution in [0.2, 0.25) is 0 Å². The number of fused-ring (bicyclic) bond motifs is 1. The summed E-state index contributed by atoms with van der Waals surface area (Å²) < 4.78 is 20.0. The minimum atomic E-state index is -0.525. The zero-order valence-corrected chi connectivity index (χ0v) is 22.9. The van der Waals surface area contributed by atoms with E-state index >= 15 is 0 Å². The number of halogens is 1. The lowest BCUT2D eigenvalue weighted by molar-refractivity contribution is 0.0529. The van der Waals surface area contributed by atoms with Gasteiger partial charge in [-0.15, -0.1) is 22.7 Å². The molecule has 0 fully saturated rings. The zero-order valence-electron chi connectivity index (χ0n) is 21.3. The molecule has 192 valence electrons. The fraction of sp³-hybridized carbons (Fsp3) is 0.161. The molecule has 0 spiro atoms. The van der Waals surface area contributed by atoms with Gasteiger partial charge in [0.15, 0.2) is 0 Å². The van der Waals surface area contributed by atoms with Crippen LogP contribution in [0.5, 0.6) is 0 Å². The first kappa shape index (κ1) is 25.8. The van der Waals surface area contributed by atoms with Crippen LogP contribution in [0.25, 0.3) is 21.2 Å². The molecular formula is C31H26FNO3S2. The van der Waals surface area contributed by atoms with Gasteiger partial charge in [-0.05, 0) is 67.5 Å². The molecule has 0 aliphatic carbocycles. The van der Waals surface area contributed by atoms with Crippen molar-refractivity contribution in [1.82, 2.24) is 0 Å². The fourth-order valence-corrected chi connectivity index (χ4v) is 6.70. The molecule has 0 saturated carbocycles. The van der Waals surface area contributed by atoms with Gasteiger partial charge in [0, 0.05) is 15.1 Å². The molecule has 1 amide bonds. The van der Waals surface area contributed by atoms with E-state index in [1.807, 2.05) is 38.1 Å². The summed E-state index contributed by atoms with van der Waals surface area (Å²) in [7, 11) is 0. The van der Waals surface area contributed by atoms with Crippen molar-refractivity contribution in [3.05, 3.63) is 111 Å². The normalized spacial score (nSPS) is 11.1. The van der Waals surface area contributed by atoms with E-state index in [2.05, 4.69) is 29.6 Å². The SMILES string of the molecule is CCOC(=O)c1c(NC(=O)c2sc3ccccc3c2Cc2ccc(C)cc2)sc(C)c1-c1ccc(F)cc1. The highest BCUT2D eigenvalue weighted by Crippen LogP contribution is 2.41. The molecule has 38 heavy (non-hydrogen) atoms. The Labute approximate surface area is 228 Å². The lowest BCUT2D eigenvalue weighted by atomic mass is 10.0. The summed E-state index contributed by atoms with van der Waals surface area (Å²) in [5.74, 6) is -1.16. The molecule has 0 bridgehead atoms. The van der Waals surface area contributed by atoms with Gasteiger partial charge >= 0.3 is 5.97 Å². The molecular weight excluding hydrogens is 517 g/mol. The number of carbonyl (C=O) groups is 2. The Morgan fingerprint density at radius 1 is 0.921 bits per heavy atom. The van der Waals surface area contributed by atoms with Crippen molar-refractivity contribution in [3.8, 4) is 11.1 Å². The number of anilines is 1. The van der Waals surface area contributed by atoms with Crippen LogP contribution in [0.4, 0.5) is 9.39 Å². The van der Waals surface area contributed by atoms with Crippen molar-refractivity contribution in [3.63, 3.8) is 0 Å². The summed E-state index contributed by atoms with van der Waals surface area (Å²) in [6, 6.07) is 22.3. The van der Waals surface area contributed by atoms with Crippen molar-refractivity contribution in [1.29, 1.82) is 0 Å². The number of hydrogen-bond donors (Lipinski definition) is 1. The largest absolute Gasteiger partial charge is 0.462 e. The van der Waals surface area contributed by atoms with E-state index in [0.717, 1.165) is 26.1 Å². The lowest BCUT2D eigenvalue weighted by Gasteiger charge is -2.10. The minimum absolute atomic E-state index is 0.195. The second-order valence-corrected chi connectivity index (χ2v) is 11.3. The topological polar surface area (TPSA) is 55.4 Å². The van der Waals surface area contributed by atoms with Crippen molar-refractivity contribution in [2.45, 2.75) is 27.2 Å². The van der Waals surface area contributed by atoms with Crippen LogP contribution in [-0.4, -0.2) is 18.5 Å². The minimum Gasteiger partial charge on any atom is -0.462 e. The predicted octanol–water partition coefficient (Wildman–Crippen LogP) is 8.41. The van der Waals surface area contributed by atoms with Crippen LogP contribution in [0.15, 0.2) is 72.8 Å². The van der Waals surface area contributed by atoms with Crippen LogP contribution in [0.1, 0.15) is 48.5 Å². The Morgan fingerprint density at radius 3 is 2.34 bits per heavy atom. The maximum Gasteiger partial charge on any atom is 0.341 e. The molecule has 5 rings (SSSR count). The third-order valence-corrected chi connectivity index (χ3v) is 8.56. The number of aryl methyl sites for hydroxylation is 2. The number of hydrogen-bond acceptors (Lipinski definition) is 5. The van der Waals surface area contributed by atoms with Gasteiger partial charge in [0.25, 0.3) is 5.91 Å². The molecule has 5 aromatic rings. The highest BCUT2D eigenvalue weighted by Gasteiger charge is 2.27. The molecule has 3 aromatic carbocycles. The number of carbonyl (C=O) groups excluding carboxylic acids is 2. The van der Waals surface area contributed by atoms with Crippen molar-refractivity contribution < 1.29 is 18.7 Å². The maximum atomic E-state index is 13.8. The molecule has 0 aliphatic rings. The Hall–Kier alpha value is -3.81. The molecule has 0 aliphatic heterocycles. The Bertz CT molecular complexity index is 1630. The molecule has 1 N–H and O–H groups in total. The summed E-state index contributed by atoms with van der Waals surface area (Å²) in [4.78, 5) is 28.3. The van der Waals surface area contributed by atoms with Crippen LogP contribution in [-0.2, 0) is 11.2 Å². The first-order valence-electron chi connectivity index (χ1n) is 12.3. The highest BCUT2D eigenvalue weighted by molar-refractivity contribution is 7.21. The average Bonchev–Trinajstić information content (AvgIpc) is 3.43. The van der Waals surface area contributed by atoms with Gasteiger partial charge in [-0.3, -0.25) is 4.79 Å². The molecule has 2 aromatic heterocycles. The van der Waals surface area contributed by atoms with E-state index in [9.17, 15) is 14.0 Å². The number of esters is 1. The standard InChI is InChI=1S/C31H26FNO3S2/c1-4-36-31(35)27-26(21-13-15-22(32)16-14-21)19(3)37-30(27)33-29(34)28-24(17-20-11-9-18(2)10-12-20)23-7-5-6-8-25(23)38-28/h5-16H,4,17H2,1-3H3,(H,33,34). The van der Waals surface area contributed by atoms with Gasteiger partial charge in [0.1, 0.15) is 16.4 Å². The second kappa shape index (κ2) is 10.9. The molecule has 0 radical (unpaired) electrons. The van der Waals surface area contributed by atoms with Crippen LogP contribution >= 0.6 is 22.7 Å². The van der Waals surface area contributed by atoms with Crippen LogP contribution in [0, 0.1) is 19.7 Å². The summed E-state index contributed by atoms with van der Waals surface area (Å²) in [6.07, 6.45) is 0.613. The fourth-order valence-electron chi connectivity index (χ4n) is 4.52. The van der Waals surface area contributed by atoms with Gasteiger partial charge in [-0.1, -0.05) is 60.2 Å². The van der Waals surface area contributed by atoms with Gasteiger partial charge in [0.2, 0.25) is 0 Å². The van der Waals surface area contributed by atoms with E-state index in [-0.39, 0.29) is 23.9 Å². The Morgan fingerprint density at radius 2 is 1.63 bits per heavy atom. The van der Waals surface area contributed by atoms with E-state index in [4.69, 9.17) is 4.74 Å². The second-order valence-electron chi connectivity index (χ2n) is 8.99. The lowest BCUT2D eigenvalue weighted by Crippen LogP contribution is -2.15. The number of ether oxygens (including phenoxy) is 1. The van der Waals surface area contributed by atoms with Crippen molar-refractivity contribution in [2.24, 2.45) is 0 Å². The first-order valence-corrected chi connectivity index (χ1v) is 13.9. The van der Waals surface area contributed by atoms with Gasteiger partial charge in [-0.25, -0.2) is 9.18 Å². The maximum absolute atomic E-state index is 13.8. The quantitative estimate of drug-likeness (QED) is 0.210. The smallest absolute Gasteiger partial charge is 0.341 e. The third-order valence-electron chi connectivity index (χ3n) is 6.33. The van der Waals surface area contributed by atoms with E-state index in [1.54, 1.807) is 19.1 Å². The van der Waals surface area contributed by atoms with Crippen molar-refractivity contribution >= 4 is 49.6 Å². The molecule has 4 nitrogen and oxygen atoms in total. The average molecular weight is 544 g/mol. The summed E-state index contributed by atoms with van der Waals surface area (Å²) in [5, 5.41) is 4.48. The van der Waals surface area contributed by atoms with Crippen LogP contribution < -0.4 is 5.32 Å². The zero-order chi connectivity index (χ0) is 26.8. The van der Waals surface area contributed by atoms with Gasteiger partial charge in [0.05, 0.1) is 11.5 Å². The highest BCUT2D eigenvalue weighted by atomic mass is 32.1. The summed E-state index contributed by atoms with van der Waals surface area (Å²) in [6.45, 7) is 5.86. The molecule has 7 heteroatoms. The number of nitrogens with one attached hydrogen (secondary N) is 1. The molecule has 0 atom stereocenters. The number of rotatable bonds is 7. The monoisotopic (exact) mass is 543 g/mol. The molecule has 2 heterocycles. The molecule has 0 unspecified atom stereocenters. The van der Waals surface area contributed by atoms with Gasteiger partial charge in [-0.2, -0.15) is 0 Å². The van der Waals surface area contributed by atoms with Crippen molar-refractivity contribution in [2.75, 3.05) is 11.9 Å². The Balaban J connectivity index is 1.56. The Kier molecular flexibility index (Phi) is 7.40.